The van der Waals surface area contributed by atoms with Crippen LogP contribution in [0.15, 0.2) is 47.4 Å². The van der Waals surface area contributed by atoms with Crippen LogP contribution in [-0.2, 0) is 20.6 Å². The molecule has 1 saturated heterocycles. The zero-order valence-electron chi connectivity index (χ0n) is 17.6. The van der Waals surface area contributed by atoms with Crippen molar-refractivity contribution >= 4 is 69.4 Å². The predicted molar refractivity (Wildman–Crippen MR) is 129 cm³/mol. The van der Waals surface area contributed by atoms with Gasteiger partial charge in [0.15, 0.2) is 6.61 Å². The van der Waals surface area contributed by atoms with E-state index in [9.17, 15) is 27.6 Å². The highest BCUT2D eigenvalue weighted by molar-refractivity contribution is 8.26. The number of carbonyl (C=O) groups is 3. The minimum Gasteiger partial charge on any atom is -0.482 e. The van der Waals surface area contributed by atoms with Crippen LogP contribution in [0, 0.1) is 0 Å². The molecule has 2 aromatic rings. The van der Waals surface area contributed by atoms with Gasteiger partial charge in [0.2, 0.25) is 0 Å². The molecule has 3 rings (SSSR count). The Morgan fingerprint density at radius 3 is 2.63 bits per heavy atom. The third kappa shape index (κ3) is 7.20. The molecular weight excluding hydrogens is 529 g/mol. The zero-order chi connectivity index (χ0) is 25.8. The number of halogens is 4. The number of benzene rings is 2. The Morgan fingerprint density at radius 2 is 1.97 bits per heavy atom. The molecule has 0 unspecified atom stereocenters. The summed E-state index contributed by atoms with van der Waals surface area (Å²) in [5.41, 5.74) is -0.390. The van der Waals surface area contributed by atoms with Gasteiger partial charge in [0.1, 0.15) is 10.1 Å². The lowest BCUT2D eigenvalue weighted by molar-refractivity contribution is -0.138. The third-order valence-electron chi connectivity index (χ3n) is 4.51. The van der Waals surface area contributed by atoms with Crippen LogP contribution in [-0.4, -0.2) is 45.3 Å². The summed E-state index contributed by atoms with van der Waals surface area (Å²) >= 11 is 12.4. The van der Waals surface area contributed by atoms with Gasteiger partial charge in [-0.25, -0.2) is 0 Å². The monoisotopic (exact) mass is 544 g/mol. The largest absolute Gasteiger partial charge is 0.482 e. The van der Waals surface area contributed by atoms with Crippen molar-refractivity contribution in [3.63, 3.8) is 0 Å². The van der Waals surface area contributed by atoms with Crippen molar-refractivity contribution in [1.29, 1.82) is 0 Å². The van der Waals surface area contributed by atoms with E-state index in [2.05, 4.69) is 5.32 Å². The number of anilines is 1. The van der Waals surface area contributed by atoms with Crippen LogP contribution in [0.2, 0.25) is 5.02 Å². The molecule has 0 bridgehead atoms. The van der Waals surface area contributed by atoms with Crippen LogP contribution in [0.1, 0.15) is 17.5 Å². The van der Waals surface area contributed by atoms with Crippen LogP contribution in [0.5, 0.6) is 5.75 Å². The first-order valence-corrected chi connectivity index (χ1v) is 11.4. The summed E-state index contributed by atoms with van der Waals surface area (Å²) in [6, 6.07) is 8.73. The summed E-state index contributed by atoms with van der Waals surface area (Å²) in [6.45, 7) is -0.537. The standard InChI is InChI=1S/C22H16ClF3N2O5S2/c23-15-8-12(9-17-20(32)28(21(34)35-17)7-6-19(30)31)4-5-16(15)33-11-18(29)27-14-3-1-2-13(10-14)22(24,25)26/h1-5,8-10H,6-7,11H2,(H,27,29)(H,30,31)/b17-9-. The Hall–Kier alpha value is -3.09. The number of hydrogen-bond donors (Lipinski definition) is 2. The Morgan fingerprint density at radius 1 is 1.23 bits per heavy atom. The maximum atomic E-state index is 12.8. The number of aliphatic carboxylic acids is 1. The van der Waals surface area contributed by atoms with Gasteiger partial charge in [0, 0.05) is 12.2 Å². The maximum absolute atomic E-state index is 12.8. The highest BCUT2D eigenvalue weighted by atomic mass is 35.5. The second-order valence-corrected chi connectivity index (χ2v) is 9.17. The minimum atomic E-state index is -4.54. The quantitative estimate of drug-likeness (QED) is 0.354. The number of ether oxygens (including phenoxy) is 1. The molecule has 0 aliphatic carbocycles. The van der Waals surface area contributed by atoms with Gasteiger partial charge in [0.05, 0.1) is 21.9 Å². The third-order valence-corrected chi connectivity index (χ3v) is 6.18. The van der Waals surface area contributed by atoms with Gasteiger partial charge in [-0.2, -0.15) is 13.2 Å². The van der Waals surface area contributed by atoms with Crippen LogP contribution in [0.3, 0.4) is 0 Å². The molecule has 1 aliphatic heterocycles. The lowest BCUT2D eigenvalue weighted by atomic mass is 10.2. The van der Waals surface area contributed by atoms with E-state index in [1.54, 1.807) is 6.07 Å². The molecule has 1 fully saturated rings. The van der Waals surface area contributed by atoms with Crippen LogP contribution in [0.4, 0.5) is 18.9 Å². The second-order valence-electron chi connectivity index (χ2n) is 7.08. The molecule has 184 valence electrons. The number of thioether (sulfide) groups is 1. The molecule has 1 aliphatic rings. The summed E-state index contributed by atoms with van der Waals surface area (Å²) < 4.78 is 44.0. The molecule has 35 heavy (non-hydrogen) atoms. The first-order valence-electron chi connectivity index (χ1n) is 9.80. The van der Waals surface area contributed by atoms with E-state index in [0.717, 1.165) is 23.9 Å². The normalized spacial score (nSPS) is 15.0. The van der Waals surface area contributed by atoms with Crippen molar-refractivity contribution in [2.75, 3.05) is 18.5 Å². The fourth-order valence-electron chi connectivity index (χ4n) is 2.89. The van der Waals surface area contributed by atoms with Gasteiger partial charge in [-0.05, 0) is 42.0 Å². The number of alkyl halides is 3. The number of carboxylic acids is 1. The highest BCUT2D eigenvalue weighted by Gasteiger charge is 2.32. The van der Waals surface area contributed by atoms with Gasteiger partial charge in [0.25, 0.3) is 11.8 Å². The molecule has 0 aromatic heterocycles. The Bertz CT molecular complexity index is 1220. The Labute approximate surface area is 211 Å². The van der Waals surface area contributed by atoms with Gasteiger partial charge in [-0.15, -0.1) is 0 Å². The average Bonchev–Trinajstić information content (AvgIpc) is 3.03. The first-order chi connectivity index (χ1) is 16.4. The number of rotatable bonds is 8. The van der Waals surface area contributed by atoms with E-state index >= 15 is 0 Å². The Balaban J connectivity index is 1.61. The number of carbonyl (C=O) groups excluding carboxylic acids is 2. The second kappa shape index (κ2) is 11.1. The molecular formula is C22H16ClF3N2O5S2. The molecule has 7 nitrogen and oxygen atoms in total. The maximum Gasteiger partial charge on any atom is 0.416 e. The summed E-state index contributed by atoms with van der Waals surface area (Å²) in [5, 5.41) is 11.3. The number of hydrogen-bond acceptors (Lipinski definition) is 6. The molecule has 0 saturated carbocycles. The average molecular weight is 545 g/mol. The zero-order valence-corrected chi connectivity index (χ0v) is 20.0. The fourth-order valence-corrected chi connectivity index (χ4v) is 4.44. The van der Waals surface area contributed by atoms with E-state index in [1.807, 2.05) is 0 Å². The van der Waals surface area contributed by atoms with E-state index in [0.29, 0.717) is 10.5 Å². The van der Waals surface area contributed by atoms with Crippen molar-refractivity contribution in [3.8, 4) is 5.75 Å². The van der Waals surface area contributed by atoms with E-state index in [-0.39, 0.29) is 33.7 Å². The van der Waals surface area contributed by atoms with E-state index in [4.69, 9.17) is 33.7 Å². The number of thiocarbonyl (C=S) groups is 1. The van der Waals surface area contributed by atoms with Crippen molar-refractivity contribution in [1.82, 2.24) is 4.90 Å². The van der Waals surface area contributed by atoms with Crippen molar-refractivity contribution in [2.45, 2.75) is 12.6 Å². The molecule has 0 radical (unpaired) electrons. The molecule has 0 spiro atoms. The van der Waals surface area contributed by atoms with Gasteiger partial charge >= 0.3 is 12.1 Å². The van der Waals surface area contributed by atoms with Crippen LogP contribution >= 0.6 is 35.6 Å². The summed E-state index contributed by atoms with van der Waals surface area (Å²) in [6.07, 6.45) is -3.24. The summed E-state index contributed by atoms with van der Waals surface area (Å²) in [5.74, 6) is -2.00. The number of nitrogens with zero attached hydrogens (tertiary/aromatic N) is 1. The number of carboxylic acid groups (broad SMARTS) is 1. The van der Waals surface area contributed by atoms with E-state index in [1.165, 1.54) is 35.2 Å². The molecule has 13 heteroatoms. The van der Waals surface area contributed by atoms with Crippen LogP contribution in [0.25, 0.3) is 6.08 Å². The topological polar surface area (TPSA) is 95.9 Å². The van der Waals surface area contributed by atoms with Crippen molar-refractivity contribution in [3.05, 3.63) is 63.5 Å². The number of nitrogens with one attached hydrogen (secondary N) is 1. The lowest BCUT2D eigenvalue weighted by Crippen LogP contribution is -2.30. The van der Waals surface area contributed by atoms with E-state index < -0.39 is 36.1 Å². The van der Waals surface area contributed by atoms with Gasteiger partial charge in [-0.3, -0.25) is 19.3 Å². The van der Waals surface area contributed by atoms with Gasteiger partial charge < -0.3 is 15.2 Å². The van der Waals surface area contributed by atoms with Gasteiger partial charge in [-0.1, -0.05) is 47.7 Å². The van der Waals surface area contributed by atoms with Crippen molar-refractivity contribution < 1.29 is 37.4 Å². The Kier molecular flexibility index (Phi) is 8.41. The number of amides is 2. The molecule has 2 amide bonds. The smallest absolute Gasteiger partial charge is 0.416 e. The minimum absolute atomic E-state index is 0.0319. The van der Waals surface area contributed by atoms with Crippen molar-refractivity contribution in [2.24, 2.45) is 0 Å². The molecule has 1 heterocycles. The lowest BCUT2D eigenvalue weighted by Gasteiger charge is -2.12. The highest BCUT2D eigenvalue weighted by Crippen LogP contribution is 2.34. The first kappa shape index (κ1) is 26.5. The summed E-state index contributed by atoms with van der Waals surface area (Å²) in [7, 11) is 0. The fraction of sp³-hybridized carbons (Fsp3) is 0.182. The predicted octanol–water partition coefficient (Wildman–Crippen LogP) is 5.05. The molecule has 2 N–H and O–H groups in total. The van der Waals surface area contributed by atoms with Crippen LogP contribution < -0.4 is 10.1 Å². The molecule has 0 atom stereocenters. The molecule has 2 aromatic carbocycles. The summed E-state index contributed by atoms with van der Waals surface area (Å²) in [4.78, 5) is 36.8. The SMILES string of the molecule is O=C(O)CCN1C(=O)/C(=C/c2ccc(OCC(=O)Nc3cccc(C(F)(F)F)c3)c(Cl)c2)SC1=S.